The van der Waals surface area contributed by atoms with Gasteiger partial charge < -0.3 is 9.26 Å². The summed E-state index contributed by atoms with van der Waals surface area (Å²) in [4.78, 5) is 15.9. The van der Waals surface area contributed by atoms with E-state index in [1.807, 2.05) is 0 Å². The van der Waals surface area contributed by atoms with Crippen molar-refractivity contribution in [2.75, 3.05) is 0 Å². The summed E-state index contributed by atoms with van der Waals surface area (Å²) in [6.07, 6.45) is 0.0335. The van der Waals surface area contributed by atoms with Crippen LogP contribution in [0.4, 0.5) is 4.39 Å². The highest BCUT2D eigenvalue weighted by atomic mass is 35.5. The predicted octanol–water partition coefficient (Wildman–Crippen LogP) is 3.82. The molecule has 1 heterocycles. The fraction of sp³-hybridized carbons (Fsp3) is 0.118. The maximum Gasteiger partial charge on any atom is 0.310 e. The molecule has 5 nitrogen and oxygen atoms in total. The number of nitrogens with zero attached hydrogens (tertiary/aromatic N) is 2. The summed E-state index contributed by atoms with van der Waals surface area (Å²) < 4.78 is 22.9. The zero-order chi connectivity index (χ0) is 16.9. The first-order chi connectivity index (χ1) is 11.6. The molecule has 0 amide bonds. The number of halogens is 2. The summed E-state index contributed by atoms with van der Waals surface area (Å²) >= 11 is 6.06. The van der Waals surface area contributed by atoms with Gasteiger partial charge in [-0.2, -0.15) is 4.98 Å². The molecule has 0 atom stereocenters. The van der Waals surface area contributed by atoms with E-state index in [-0.39, 0.29) is 24.7 Å². The minimum atomic E-state index is -0.473. The molecule has 3 aromatic rings. The maximum atomic E-state index is 12.8. The molecule has 0 saturated heterocycles. The molecule has 122 valence electrons. The van der Waals surface area contributed by atoms with Gasteiger partial charge in [0.25, 0.3) is 5.89 Å². The summed E-state index contributed by atoms with van der Waals surface area (Å²) in [7, 11) is 0. The third-order valence-corrected chi connectivity index (χ3v) is 3.53. The molecule has 0 bridgehead atoms. The van der Waals surface area contributed by atoms with Crippen LogP contribution in [-0.2, 0) is 22.6 Å². The molecule has 24 heavy (non-hydrogen) atoms. The van der Waals surface area contributed by atoms with E-state index in [1.54, 1.807) is 24.3 Å². The predicted molar refractivity (Wildman–Crippen MR) is 84.6 cm³/mol. The Morgan fingerprint density at radius 2 is 1.92 bits per heavy atom. The second kappa shape index (κ2) is 7.23. The van der Waals surface area contributed by atoms with Crippen molar-refractivity contribution in [2.24, 2.45) is 0 Å². The Bertz CT molecular complexity index is 849. The van der Waals surface area contributed by atoms with Gasteiger partial charge in [-0.25, -0.2) is 4.39 Å². The molecule has 0 aliphatic carbocycles. The maximum absolute atomic E-state index is 12.8. The highest BCUT2D eigenvalue weighted by Crippen LogP contribution is 2.24. The van der Waals surface area contributed by atoms with Crippen molar-refractivity contribution in [3.63, 3.8) is 0 Å². The smallest absolute Gasteiger partial charge is 0.310 e. The molecule has 0 N–H and O–H groups in total. The number of ether oxygens (including phenoxy) is 1. The first kappa shape index (κ1) is 16.1. The van der Waals surface area contributed by atoms with Crippen molar-refractivity contribution in [3.05, 3.63) is 70.8 Å². The van der Waals surface area contributed by atoms with E-state index in [9.17, 15) is 9.18 Å². The highest BCUT2D eigenvalue weighted by Gasteiger charge is 2.13. The minimum absolute atomic E-state index is 0.0335. The van der Waals surface area contributed by atoms with Crippen molar-refractivity contribution in [1.29, 1.82) is 0 Å². The van der Waals surface area contributed by atoms with Gasteiger partial charge in [0, 0.05) is 5.56 Å². The molecule has 3 rings (SSSR count). The Hall–Kier alpha value is -2.73. The van der Waals surface area contributed by atoms with E-state index in [0.717, 1.165) is 0 Å². The number of hydrogen-bond acceptors (Lipinski definition) is 5. The monoisotopic (exact) mass is 346 g/mol. The van der Waals surface area contributed by atoms with Crippen LogP contribution in [0.2, 0.25) is 5.02 Å². The Morgan fingerprint density at radius 1 is 1.17 bits per heavy atom. The second-order valence-corrected chi connectivity index (χ2v) is 5.36. The lowest BCUT2D eigenvalue weighted by Crippen LogP contribution is -2.08. The van der Waals surface area contributed by atoms with Crippen molar-refractivity contribution in [2.45, 2.75) is 13.0 Å². The Kier molecular flexibility index (Phi) is 4.86. The van der Waals surface area contributed by atoms with Gasteiger partial charge >= 0.3 is 5.97 Å². The van der Waals surface area contributed by atoms with Crippen LogP contribution in [0.25, 0.3) is 11.4 Å². The molecule has 0 aliphatic heterocycles. The number of carbonyl (C=O) groups is 1. The zero-order valence-electron chi connectivity index (χ0n) is 12.4. The molecule has 0 unspecified atom stereocenters. The summed E-state index contributed by atoms with van der Waals surface area (Å²) in [6.45, 7) is -0.141. The number of esters is 1. The van der Waals surface area contributed by atoms with E-state index in [0.29, 0.717) is 22.0 Å². The standard InChI is InChI=1S/C17H12ClFN2O3/c18-14-4-2-1-3-13(14)17-20-15(24-21-17)10-23-16(22)9-11-5-7-12(19)8-6-11/h1-8H,9-10H2. The summed E-state index contributed by atoms with van der Waals surface area (Å²) in [5, 5.41) is 4.31. The van der Waals surface area contributed by atoms with Crippen LogP contribution < -0.4 is 0 Å². The Morgan fingerprint density at radius 3 is 2.67 bits per heavy atom. The average molecular weight is 347 g/mol. The summed E-state index contributed by atoms with van der Waals surface area (Å²) in [6, 6.07) is 12.7. The summed E-state index contributed by atoms with van der Waals surface area (Å²) in [5.41, 5.74) is 1.29. The van der Waals surface area contributed by atoms with Crippen LogP contribution in [-0.4, -0.2) is 16.1 Å². The van der Waals surface area contributed by atoms with Crippen LogP contribution in [0.1, 0.15) is 11.5 Å². The van der Waals surface area contributed by atoms with E-state index in [4.69, 9.17) is 20.9 Å². The molecule has 0 radical (unpaired) electrons. The van der Waals surface area contributed by atoms with Gasteiger partial charge in [-0.05, 0) is 29.8 Å². The topological polar surface area (TPSA) is 65.2 Å². The van der Waals surface area contributed by atoms with Crippen LogP contribution in [0.3, 0.4) is 0 Å². The van der Waals surface area contributed by atoms with Gasteiger partial charge in [0.1, 0.15) is 5.82 Å². The van der Waals surface area contributed by atoms with Crippen LogP contribution in [0.5, 0.6) is 0 Å². The van der Waals surface area contributed by atoms with Crippen molar-refractivity contribution in [1.82, 2.24) is 10.1 Å². The number of rotatable bonds is 5. The fourth-order valence-corrected chi connectivity index (χ4v) is 2.25. The third-order valence-electron chi connectivity index (χ3n) is 3.20. The van der Waals surface area contributed by atoms with Crippen molar-refractivity contribution in [3.8, 4) is 11.4 Å². The van der Waals surface area contributed by atoms with Gasteiger partial charge in [0.2, 0.25) is 5.82 Å². The average Bonchev–Trinajstić information content (AvgIpc) is 3.04. The van der Waals surface area contributed by atoms with Gasteiger partial charge in [-0.1, -0.05) is 41.0 Å². The lowest BCUT2D eigenvalue weighted by Gasteiger charge is -2.02. The lowest BCUT2D eigenvalue weighted by atomic mass is 10.1. The van der Waals surface area contributed by atoms with E-state index in [2.05, 4.69) is 10.1 Å². The van der Waals surface area contributed by atoms with Gasteiger partial charge in [-0.15, -0.1) is 0 Å². The van der Waals surface area contributed by atoms with E-state index < -0.39 is 5.97 Å². The van der Waals surface area contributed by atoms with Crippen molar-refractivity contribution < 1.29 is 18.4 Å². The highest BCUT2D eigenvalue weighted by molar-refractivity contribution is 6.33. The zero-order valence-corrected chi connectivity index (χ0v) is 13.2. The van der Waals surface area contributed by atoms with E-state index >= 15 is 0 Å². The first-order valence-corrected chi connectivity index (χ1v) is 7.47. The van der Waals surface area contributed by atoms with Crippen molar-refractivity contribution >= 4 is 17.6 Å². The molecule has 0 fully saturated rings. The molecular formula is C17H12ClFN2O3. The third kappa shape index (κ3) is 3.97. The molecule has 2 aromatic carbocycles. The SMILES string of the molecule is O=C(Cc1ccc(F)cc1)OCc1nc(-c2ccccc2Cl)no1. The summed E-state index contributed by atoms with van der Waals surface area (Å²) in [5.74, 6) is -0.341. The number of aromatic nitrogens is 2. The fourth-order valence-electron chi connectivity index (χ4n) is 2.03. The number of hydrogen-bond donors (Lipinski definition) is 0. The first-order valence-electron chi connectivity index (χ1n) is 7.09. The largest absolute Gasteiger partial charge is 0.455 e. The van der Waals surface area contributed by atoms with Crippen LogP contribution in [0.15, 0.2) is 53.1 Å². The molecule has 0 spiro atoms. The Balaban J connectivity index is 1.58. The lowest BCUT2D eigenvalue weighted by molar-refractivity contribution is -0.144. The molecule has 0 saturated carbocycles. The van der Waals surface area contributed by atoms with Gasteiger partial charge in [0.05, 0.1) is 11.4 Å². The molecule has 0 aliphatic rings. The molecule has 1 aromatic heterocycles. The van der Waals surface area contributed by atoms with Crippen LogP contribution >= 0.6 is 11.6 Å². The molecule has 7 heteroatoms. The van der Waals surface area contributed by atoms with E-state index in [1.165, 1.54) is 24.3 Å². The Labute approximate surface area is 142 Å². The number of benzene rings is 2. The van der Waals surface area contributed by atoms with Gasteiger partial charge in [0.15, 0.2) is 6.61 Å². The number of carbonyl (C=O) groups excluding carboxylic acids is 1. The quantitative estimate of drug-likeness (QED) is 0.657. The normalized spacial score (nSPS) is 10.6. The van der Waals surface area contributed by atoms with Crippen LogP contribution in [0, 0.1) is 5.82 Å². The second-order valence-electron chi connectivity index (χ2n) is 4.96. The minimum Gasteiger partial charge on any atom is -0.455 e. The van der Waals surface area contributed by atoms with Gasteiger partial charge in [-0.3, -0.25) is 4.79 Å². The molecular weight excluding hydrogens is 335 g/mol.